The van der Waals surface area contributed by atoms with Crippen LogP contribution < -0.4 is 10.8 Å². The monoisotopic (exact) mass is 468 g/mol. The van der Waals surface area contributed by atoms with E-state index in [1.807, 2.05) is 19.2 Å². The molecule has 3 rings (SSSR count). The van der Waals surface area contributed by atoms with Gasteiger partial charge in [0.25, 0.3) is 17.7 Å². The molecule has 0 aliphatic carbocycles. The molecular formula is C24H28N4O6. The molecule has 0 saturated heterocycles. The summed E-state index contributed by atoms with van der Waals surface area (Å²) in [6.07, 6.45) is 0. The highest BCUT2D eigenvalue weighted by atomic mass is 16.7. The van der Waals surface area contributed by atoms with Crippen LogP contribution in [0, 0.1) is 0 Å². The molecule has 0 aliphatic rings. The molecule has 0 fully saturated rings. The first kappa shape index (κ1) is 24.9. The summed E-state index contributed by atoms with van der Waals surface area (Å²) in [4.78, 5) is 37.8. The number of hydroxylamine groups is 1. The van der Waals surface area contributed by atoms with Crippen molar-refractivity contribution < 1.29 is 29.1 Å². The summed E-state index contributed by atoms with van der Waals surface area (Å²) in [6.45, 7) is 0.658. The summed E-state index contributed by atoms with van der Waals surface area (Å²) in [5.41, 5.74) is 5.67. The fraction of sp³-hybridized carbons (Fsp3) is 0.292. The lowest BCUT2D eigenvalue weighted by molar-refractivity contribution is -0.140. The highest BCUT2D eigenvalue weighted by molar-refractivity contribution is 6.08. The summed E-state index contributed by atoms with van der Waals surface area (Å²) in [5, 5.41) is 12.3. The van der Waals surface area contributed by atoms with Crippen LogP contribution in [0.4, 0.5) is 0 Å². The van der Waals surface area contributed by atoms with E-state index in [9.17, 15) is 14.4 Å². The number of hydrogen-bond donors (Lipinski definition) is 3. The number of aromatic nitrogens is 1. The van der Waals surface area contributed by atoms with Gasteiger partial charge in [0.05, 0.1) is 6.61 Å². The molecule has 180 valence electrons. The molecule has 1 unspecified atom stereocenters. The molecular weight excluding hydrogens is 440 g/mol. The zero-order valence-corrected chi connectivity index (χ0v) is 19.5. The van der Waals surface area contributed by atoms with Crippen molar-refractivity contribution in [3.63, 3.8) is 0 Å². The number of carbonyl (C=O) groups is 3. The van der Waals surface area contributed by atoms with E-state index in [4.69, 9.17) is 14.7 Å². The Morgan fingerprint density at radius 2 is 1.74 bits per heavy atom. The van der Waals surface area contributed by atoms with Crippen molar-refractivity contribution in [3.8, 4) is 11.1 Å². The number of benzene rings is 2. The first-order valence-corrected chi connectivity index (χ1v) is 10.5. The van der Waals surface area contributed by atoms with E-state index >= 15 is 0 Å². The van der Waals surface area contributed by atoms with Crippen molar-refractivity contribution in [2.24, 2.45) is 7.05 Å². The molecule has 0 radical (unpaired) electrons. The topological polar surface area (TPSA) is 122 Å². The van der Waals surface area contributed by atoms with Crippen molar-refractivity contribution in [1.29, 1.82) is 0 Å². The van der Waals surface area contributed by atoms with Crippen molar-refractivity contribution in [2.45, 2.75) is 12.6 Å². The van der Waals surface area contributed by atoms with Crippen LogP contribution in [0.25, 0.3) is 22.0 Å². The van der Waals surface area contributed by atoms with E-state index in [0.717, 1.165) is 32.6 Å². The predicted molar refractivity (Wildman–Crippen MR) is 125 cm³/mol. The SMILES string of the molecule is CNC(=O)C(C(=O)NO)N(C)C(=O)c1ccc(-c2ccc3c(c2)cc(COCOC)n3C)cc1. The fourth-order valence-corrected chi connectivity index (χ4v) is 3.75. The molecule has 0 saturated carbocycles. The minimum atomic E-state index is -1.51. The third kappa shape index (κ3) is 5.09. The quantitative estimate of drug-likeness (QED) is 0.144. The average Bonchev–Trinajstić information content (AvgIpc) is 3.18. The van der Waals surface area contributed by atoms with Gasteiger partial charge in [-0.15, -0.1) is 0 Å². The lowest BCUT2D eigenvalue weighted by atomic mass is 10.0. The van der Waals surface area contributed by atoms with Crippen molar-refractivity contribution >= 4 is 28.6 Å². The largest absolute Gasteiger partial charge is 0.359 e. The summed E-state index contributed by atoms with van der Waals surface area (Å²) in [5.74, 6) is -2.26. The van der Waals surface area contributed by atoms with E-state index in [1.54, 1.807) is 31.4 Å². The number of rotatable bonds is 9. The van der Waals surface area contributed by atoms with Crippen LogP contribution >= 0.6 is 0 Å². The van der Waals surface area contributed by atoms with Crippen LogP contribution in [-0.4, -0.2) is 66.4 Å². The Morgan fingerprint density at radius 3 is 2.35 bits per heavy atom. The number of nitrogens with zero attached hydrogens (tertiary/aromatic N) is 2. The second-order valence-electron chi connectivity index (χ2n) is 7.71. The molecule has 10 nitrogen and oxygen atoms in total. The molecule has 3 aromatic rings. The van der Waals surface area contributed by atoms with Crippen molar-refractivity contribution in [1.82, 2.24) is 20.3 Å². The van der Waals surface area contributed by atoms with Gasteiger partial charge in [0, 0.05) is 50.4 Å². The van der Waals surface area contributed by atoms with Gasteiger partial charge in [0.15, 0.2) is 6.04 Å². The Hall–Kier alpha value is -3.73. The fourth-order valence-electron chi connectivity index (χ4n) is 3.75. The number of aryl methyl sites for hydroxylation is 1. The van der Waals surface area contributed by atoms with Gasteiger partial charge in [-0.1, -0.05) is 18.2 Å². The molecule has 0 bridgehead atoms. The van der Waals surface area contributed by atoms with E-state index in [1.165, 1.54) is 19.6 Å². The van der Waals surface area contributed by atoms with Gasteiger partial charge in [-0.3, -0.25) is 19.6 Å². The third-order valence-corrected chi connectivity index (χ3v) is 5.62. The smallest absolute Gasteiger partial charge is 0.275 e. The van der Waals surface area contributed by atoms with E-state index in [0.29, 0.717) is 12.2 Å². The Morgan fingerprint density at radius 1 is 1.06 bits per heavy atom. The number of ether oxygens (including phenoxy) is 2. The van der Waals surface area contributed by atoms with Gasteiger partial charge in [-0.05, 0) is 41.5 Å². The molecule has 34 heavy (non-hydrogen) atoms. The first-order valence-electron chi connectivity index (χ1n) is 10.5. The lowest BCUT2D eigenvalue weighted by Gasteiger charge is -2.25. The number of methoxy groups -OCH3 is 1. The van der Waals surface area contributed by atoms with Gasteiger partial charge >= 0.3 is 0 Å². The van der Waals surface area contributed by atoms with Gasteiger partial charge in [-0.2, -0.15) is 0 Å². The Kier molecular flexibility index (Phi) is 8.00. The van der Waals surface area contributed by atoms with Crippen LogP contribution in [-0.2, 0) is 32.7 Å². The molecule has 10 heteroatoms. The number of fused-ring (bicyclic) bond motifs is 1. The molecule has 3 N–H and O–H groups in total. The van der Waals surface area contributed by atoms with Crippen molar-refractivity contribution in [2.75, 3.05) is 28.0 Å². The minimum Gasteiger partial charge on any atom is -0.359 e. The van der Waals surface area contributed by atoms with Crippen LogP contribution in [0.3, 0.4) is 0 Å². The molecule has 3 amide bonds. The minimum absolute atomic E-state index is 0.224. The number of carbonyl (C=O) groups excluding carboxylic acids is 3. The Labute approximate surface area is 197 Å². The van der Waals surface area contributed by atoms with Crippen LogP contribution in [0.1, 0.15) is 16.1 Å². The Bertz CT molecular complexity index is 1170. The van der Waals surface area contributed by atoms with Gasteiger partial charge in [-0.25, -0.2) is 5.48 Å². The van der Waals surface area contributed by atoms with Gasteiger partial charge in [0.2, 0.25) is 0 Å². The molecule has 1 aromatic heterocycles. The summed E-state index contributed by atoms with van der Waals surface area (Å²) in [6, 6.07) is 13.5. The van der Waals surface area contributed by atoms with Gasteiger partial charge < -0.3 is 24.3 Å². The number of nitrogens with one attached hydrogen (secondary N) is 2. The average molecular weight is 469 g/mol. The van der Waals surface area contributed by atoms with E-state index in [-0.39, 0.29) is 6.79 Å². The molecule has 1 atom stereocenters. The summed E-state index contributed by atoms with van der Waals surface area (Å²) >= 11 is 0. The normalized spacial score (nSPS) is 11.8. The lowest BCUT2D eigenvalue weighted by Crippen LogP contribution is -2.54. The molecule has 1 heterocycles. The standard InChI is InChI=1S/C24H28N4O6/c1-25-22(29)21(23(30)26-32)28(3)24(31)16-7-5-15(6-8-16)17-9-10-20-18(11-17)12-19(27(20)2)13-34-14-33-4/h5-12,21,32H,13-14H2,1-4H3,(H,25,29)(H,26,30). The number of likely N-dealkylation sites (N-methyl/N-ethyl adjacent to an activating group) is 2. The second-order valence-corrected chi connectivity index (χ2v) is 7.71. The van der Waals surface area contributed by atoms with E-state index < -0.39 is 23.8 Å². The highest BCUT2D eigenvalue weighted by Gasteiger charge is 2.33. The second kappa shape index (κ2) is 10.9. The summed E-state index contributed by atoms with van der Waals surface area (Å²) in [7, 11) is 6.22. The first-order chi connectivity index (χ1) is 16.3. The van der Waals surface area contributed by atoms with Crippen LogP contribution in [0.15, 0.2) is 48.5 Å². The number of amides is 3. The molecule has 0 spiro atoms. The van der Waals surface area contributed by atoms with Gasteiger partial charge in [0.1, 0.15) is 6.79 Å². The van der Waals surface area contributed by atoms with Crippen LogP contribution in [0.2, 0.25) is 0 Å². The Balaban J connectivity index is 1.82. The third-order valence-electron chi connectivity index (χ3n) is 5.62. The molecule has 2 aromatic carbocycles. The number of hydrogen-bond acceptors (Lipinski definition) is 6. The maximum Gasteiger partial charge on any atom is 0.275 e. The predicted octanol–water partition coefficient (Wildman–Crippen LogP) is 1.66. The molecule has 0 aliphatic heterocycles. The van der Waals surface area contributed by atoms with Crippen LogP contribution in [0.5, 0.6) is 0 Å². The van der Waals surface area contributed by atoms with Crippen molar-refractivity contribution in [3.05, 3.63) is 59.8 Å². The maximum absolute atomic E-state index is 12.9. The highest BCUT2D eigenvalue weighted by Crippen LogP contribution is 2.27. The maximum atomic E-state index is 12.9. The zero-order valence-electron chi connectivity index (χ0n) is 19.5. The zero-order chi connectivity index (χ0) is 24.8. The van der Waals surface area contributed by atoms with E-state index in [2.05, 4.69) is 22.0 Å². The summed E-state index contributed by atoms with van der Waals surface area (Å²) < 4.78 is 12.5.